The van der Waals surface area contributed by atoms with E-state index in [9.17, 15) is 4.79 Å². The van der Waals surface area contributed by atoms with Gasteiger partial charge in [-0.3, -0.25) is 4.99 Å². The van der Waals surface area contributed by atoms with Crippen LogP contribution >= 0.6 is 0 Å². The van der Waals surface area contributed by atoms with Gasteiger partial charge in [-0.25, -0.2) is 4.79 Å². The highest BCUT2D eigenvalue weighted by molar-refractivity contribution is 5.89. The Hall–Kier alpha value is -2.36. The van der Waals surface area contributed by atoms with Gasteiger partial charge in [-0.15, -0.1) is 0 Å². The van der Waals surface area contributed by atoms with Gasteiger partial charge in [0.1, 0.15) is 0 Å². The molecule has 0 radical (unpaired) electrons. The number of carboxylic acid groups (broad SMARTS) is 1. The van der Waals surface area contributed by atoms with Gasteiger partial charge in [0.25, 0.3) is 0 Å². The maximum atomic E-state index is 10.8. The summed E-state index contributed by atoms with van der Waals surface area (Å²) in [4.78, 5) is 15.1. The Balaban J connectivity index is 2.26. The summed E-state index contributed by atoms with van der Waals surface area (Å²) in [6.07, 6.45) is 1.73. The van der Waals surface area contributed by atoms with Gasteiger partial charge in [-0.05, 0) is 37.3 Å². The summed E-state index contributed by atoms with van der Waals surface area (Å²) >= 11 is 0. The van der Waals surface area contributed by atoms with E-state index < -0.39 is 5.97 Å². The number of carbonyl (C=O) groups is 1. The monoisotopic (exact) mass is 242 g/mol. The topological polar surface area (TPSA) is 54.6 Å². The lowest BCUT2D eigenvalue weighted by atomic mass is 10.2. The lowest BCUT2D eigenvalue weighted by molar-refractivity contribution is 0.0697. The molecule has 1 N–H and O–H groups in total. The van der Waals surface area contributed by atoms with Crippen molar-refractivity contribution in [1.82, 2.24) is 4.57 Å². The Morgan fingerprint density at radius 3 is 2.72 bits per heavy atom. The van der Waals surface area contributed by atoms with Crippen LogP contribution in [-0.4, -0.2) is 21.9 Å². The quantitative estimate of drug-likeness (QED) is 0.841. The van der Waals surface area contributed by atoms with Crippen LogP contribution < -0.4 is 0 Å². The standard InChI is InChI=1S/C14H14N2O2/c1-10-6-7-13(16(10)2)9-15-12-5-3-4-11(8-12)14(17)18/h3-9H,1-2H3,(H,17,18). The molecule has 92 valence electrons. The first kappa shape index (κ1) is 12.1. The summed E-state index contributed by atoms with van der Waals surface area (Å²) in [7, 11) is 1.96. The number of hydrogen-bond donors (Lipinski definition) is 1. The van der Waals surface area contributed by atoms with E-state index in [1.807, 2.05) is 30.7 Å². The second-order valence-corrected chi connectivity index (χ2v) is 4.07. The first-order valence-electron chi connectivity index (χ1n) is 5.57. The summed E-state index contributed by atoms with van der Waals surface area (Å²) in [5.41, 5.74) is 3.01. The molecule has 1 aromatic heterocycles. The molecule has 0 atom stereocenters. The lowest BCUT2D eigenvalue weighted by Crippen LogP contribution is -1.96. The van der Waals surface area contributed by atoms with Crippen LogP contribution in [0.3, 0.4) is 0 Å². The van der Waals surface area contributed by atoms with Crippen LogP contribution in [0.2, 0.25) is 0 Å². The number of aromatic nitrogens is 1. The van der Waals surface area contributed by atoms with Crippen LogP contribution in [0, 0.1) is 6.92 Å². The fraction of sp³-hybridized carbons (Fsp3) is 0.143. The van der Waals surface area contributed by atoms with Crippen molar-refractivity contribution in [3.63, 3.8) is 0 Å². The molecule has 0 saturated carbocycles. The molecule has 2 rings (SSSR count). The zero-order valence-electron chi connectivity index (χ0n) is 10.3. The first-order valence-corrected chi connectivity index (χ1v) is 5.57. The Morgan fingerprint density at radius 1 is 1.33 bits per heavy atom. The average molecular weight is 242 g/mol. The third kappa shape index (κ3) is 2.48. The van der Waals surface area contributed by atoms with Gasteiger partial charge < -0.3 is 9.67 Å². The molecule has 0 amide bonds. The first-order chi connectivity index (χ1) is 8.58. The normalized spacial score (nSPS) is 11.0. The molecule has 4 heteroatoms. The largest absolute Gasteiger partial charge is 0.478 e. The Bertz CT molecular complexity index is 612. The zero-order valence-corrected chi connectivity index (χ0v) is 10.3. The van der Waals surface area contributed by atoms with Crippen LogP contribution in [0.25, 0.3) is 0 Å². The predicted octanol–water partition coefficient (Wildman–Crippen LogP) is 2.78. The molecule has 0 unspecified atom stereocenters. The molecule has 0 fully saturated rings. The van der Waals surface area contributed by atoms with E-state index in [0.29, 0.717) is 5.69 Å². The highest BCUT2D eigenvalue weighted by atomic mass is 16.4. The van der Waals surface area contributed by atoms with E-state index in [4.69, 9.17) is 5.11 Å². The fourth-order valence-corrected chi connectivity index (χ4v) is 1.62. The number of benzene rings is 1. The number of aliphatic imine (C=N–C) groups is 1. The van der Waals surface area contributed by atoms with Crippen molar-refractivity contribution in [2.24, 2.45) is 12.0 Å². The molecular formula is C14H14N2O2. The Labute approximate surface area is 105 Å². The van der Waals surface area contributed by atoms with Crippen LogP contribution in [0.4, 0.5) is 5.69 Å². The number of rotatable bonds is 3. The summed E-state index contributed by atoms with van der Waals surface area (Å²) in [6, 6.07) is 10.5. The second-order valence-electron chi connectivity index (χ2n) is 4.07. The number of hydrogen-bond acceptors (Lipinski definition) is 2. The minimum atomic E-state index is -0.943. The fourth-order valence-electron chi connectivity index (χ4n) is 1.62. The van der Waals surface area contributed by atoms with Crippen molar-refractivity contribution in [3.05, 3.63) is 53.3 Å². The van der Waals surface area contributed by atoms with Crippen molar-refractivity contribution in [2.75, 3.05) is 0 Å². The van der Waals surface area contributed by atoms with Gasteiger partial charge in [0.2, 0.25) is 0 Å². The summed E-state index contributed by atoms with van der Waals surface area (Å²) in [5.74, 6) is -0.943. The van der Waals surface area contributed by atoms with Gasteiger partial charge in [-0.2, -0.15) is 0 Å². The van der Waals surface area contributed by atoms with Crippen LogP contribution in [0.5, 0.6) is 0 Å². The minimum absolute atomic E-state index is 0.243. The van der Waals surface area contributed by atoms with Crippen molar-refractivity contribution >= 4 is 17.9 Å². The summed E-state index contributed by atoms with van der Waals surface area (Å²) in [6.45, 7) is 2.02. The Morgan fingerprint density at radius 2 is 2.11 bits per heavy atom. The average Bonchev–Trinajstić information content (AvgIpc) is 2.68. The van der Waals surface area contributed by atoms with Gasteiger partial charge in [0.15, 0.2) is 0 Å². The van der Waals surface area contributed by atoms with Crippen LogP contribution in [-0.2, 0) is 7.05 Å². The predicted molar refractivity (Wildman–Crippen MR) is 70.8 cm³/mol. The molecule has 1 aromatic carbocycles. The lowest BCUT2D eigenvalue weighted by Gasteiger charge is -2.00. The molecule has 4 nitrogen and oxygen atoms in total. The molecule has 18 heavy (non-hydrogen) atoms. The molecule has 0 spiro atoms. The number of nitrogens with zero attached hydrogens (tertiary/aromatic N) is 2. The SMILES string of the molecule is Cc1ccc(C=Nc2cccc(C(=O)O)c2)n1C. The number of carboxylic acids is 1. The Kier molecular flexibility index (Phi) is 3.28. The van der Waals surface area contributed by atoms with Gasteiger partial charge in [0, 0.05) is 12.7 Å². The van der Waals surface area contributed by atoms with Gasteiger partial charge >= 0.3 is 5.97 Å². The smallest absolute Gasteiger partial charge is 0.335 e. The van der Waals surface area contributed by atoms with Crippen molar-refractivity contribution in [2.45, 2.75) is 6.92 Å². The maximum absolute atomic E-state index is 10.8. The van der Waals surface area contributed by atoms with Gasteiger partial charge in [-0.1, -0.05) is 6.07 Å². The zero-order chi connectivity index (χ0) is 13.1. The van der Waals surface area contributed by atoms with Crippen molar-refractivity contribution in [3.8, 4) is 0 Å². The highest BCUT2D eigenvalue weighted by Crippen LogP contribution is 2.14. The van der Waals surface area contributed by atoms with E-state index in [1.165, 1.54) is 0 Å². The van der Waals surface area contributed by atoms with Crippen LogP contribution in [0.1, 0.15) is 21.7 Å². The summed E-state index contributed by atoms with van der Waals surface area (Å²) in [5, 5.41) is 8.89. The van der Waals surface area contributed by atoms with Crippen molar-refractivity contribution < 1.29 is 9.90 Å². The molecule has 1 heterocycles. The number of aryl methyl sites for hydroxylation is 1. The molecule has 0 saturated heterocycles. The highest BCUT2D eigenvalue weighted by Gasteiger charge is 2.02. The molecule has 0 aliphatic rings. The van der Waals surface area contributed by atoms with E-state index in [1.54, 1.807) is 30.5 Å². The van der Waals surface area contributed by atoms with E-state index in [2.05, 4.69) is 4.99 Å². The van der Waals surface area contributed by atoms with Crippen LogP contribution in [0.15, 0.2) is 41.4 Å². The van der Waals surface area contributed by atoms with Gasteiger partial charge in [0.05, 0.1) is 23.2 Å². The molecule has 0 aliphatic carbocycles. The molecule has 0 aliphatic heterocycles. The van der Waals surface area contributed by atoms with E-state index in [-0.39, 0.29) is 5.56 Å². The van der Waals surface area contributed by atoms with E-state index >= 15 is 0 Å². The molecule has 2 aromatic rings. The summed E-state index contributed by atoms with van der Waals surface area (Å²) < 4.78 is 2.02. The minimum Gasteiger partial charge on any atom is -0.478 e. The maximum Gasteiger partial charge on any atom is 0.335 e. The second kappa shape index (κ2) is 4.87. The molecule has 0 bridgehead atoms. The van der Waals surface area contributed by atoms with E-state index in [0.717, 1.165) is 11.4 Å². The third-order valence-corrected chi connectivity index (χ3v) is 2.85. The third-order valence-electron chi connectivity index (χ3n) is 2.85. The number of aromatic carboxylic acids is 1. The van der Waals surface area contributed by atoms with Crippen molar-refractivity contribution in [1.29, 1.82) is 0 Å². The molecular weight excluding hydrogens is 228 g/mol.